The van der Waals surface area contributed by atoms with Crippen LogP contribution < -0.4 is 5.73 Å². The molecule has 1 aromatic rings. The summed E-state index contributed by atoms with van der Waals surface area (Å²) in [6.45, 7) is 0. The van der Waals surface area contributed by atoms with Crippen molar-refractivity contribution in [3.8, 4) is 0 Å². The number of amides is 1. The summed E-state index contributed by atoms with van der Waals surface area (Å²) in [5, 5.41) is -0.321. The van der Waals surface area contributed by atoms with Crippen LogP contribution in [-0.2, 0) is 0 Å². The van der Waals surface area contributed by atoms with E-state index in [2.05, 4.69) is 9.97 Å². The molecule has 1 aromatic heterocycles. The minimum Gasteiger partial charge on any atom is -0.364 e. The number of primary amides is 1. The minimum absolute atomic E-state index is 0.0633. The summed E-state index contributed by atoms with van der Waals surface area (Å²) >= 11 is 16.4. The number of carbonyl (C=O) groups excluding carboxylic acids is 1. The van der Waals surface area contributed by atoms with E-state index in [0.29, 0.717) is 0 Å². The molecule has 12 heavy (non-hydrogen) atoms. The second-order valence-electron chi connectivity index (χ2n) is 1.81. The summed E-state index contributed by atoms with van der Waals surface area (Å²) in [5.41, 5.74) is 4.72. The molecule has 0 atom stereocenters. The Bertz CT molecular complexity index is 341. The third-order valence-electron chi connectivity index (χ3n) is 1.01. The predicted molar refractivity (Wildman–Crippen MR) is 45.6 cm³/mol. The maximum atomic E-state index is 10.6. The molecule has 1 rings (SSSR count). The molecule has 0 aliphatic heterocycles. The van der Waals surface area contributed by atoms with E-state index < -0.39 is 5.91 Å². The Morgan fingerprint density at radius 1 is 1.08 bits per heavy atom. The van der Waals surface area contributed by atoms with Crippen LogP contribution in [0.15, 0.2) is 0 Å². The van der Waals surface area contributed by atoms with Gasteiger partial charge in [-0.25, -0.2) is 9.97 Å². The molecule has 7 heteroatoms. The molecule has 0 aliphatic rings. The lowest BCUT2D eigenvalue weighted by Gasteiger charge is -1.99. The van der Waals surface area contributed by atoms with Crippen molar-refractivity contribution >= 4 is 40.7 Å². The molecule has 0 saturated carbocycles. The molecule has 0 saturated heterocycles. The fraction of sp³-hybridized carbons (Fsp3) is 0. The molecular weight excluding hydrogens is 224 g/mol. The molecular formula is C5H2Cl3N3O. The molecule has 2 N–H and O–H groups in total. The van der Waals surface area contributed by atoms with Gasteiger partial charge in [0.05, 0.1) is 0 Å². The molecule has 0 aromatic carbocycles. The van der Waals surface area contributed by atoms with Gasteiger partial charge in [0, 0.05) is 0 Å². The summed E-state index contributed by atoms with van der Waals surface area (Å²) in [5.74, 6) is -0.800. The third kappa shape index (κ3) is 1.77. The van der Waals surface area contributed by atoms with Gasteiger partial charge in [0.15, 0.2) is 21.2 Å². The maximum Gasteiger partial charge on any atom is 0.270 e. The van der Waals surface area contributed by atoms with E-state index in [1.165, 1.54) is 0 Å². The molecule has 0 aliphatic carbocycles. The highest BCUT2D eigenvalue weighted by molar-refractivity contribution is 6.41. The van der Waals surface area contributed by atoms with Gasteiger partial charge in [-0.1, -0.05) is 34.8 Å². The van der Waals surface area contributed by atoms with Crippen LogP contribution in [0.1, 0.15) is 10.5 Å². The van der Waals surface area contributed by atoms with Crippen LogP contribution in [0, 0.1) is 0 Å². The zero-order chi connectivity index (χ0) is 9.30. The van der Waals surface area contributed by atoms with Gasteiger partial charge in [-0.2, -0.15) is 0 Å². The van der Waals surface area contributed by atoms with Crippen LogP contribution in [0.25, 0.3) is 0 Å². The molecule has 0 radical (unpaired) electrons. The number of rotatable bonds is 1. The first-order valence-corrected chi connectivity index (χ1v) is 3.84. The van der Waals surface area contributed by atoms with Gasteiger partial charge in [0.1, 0.15) is 0 Å². The lowest BCUT2D eigenvalue weighted by Crippen LogP contribution is -2.14. The lowest BCUT2D eigenvalue weighted by atomic mass is 10.4. The number of aromatic nitrogens is 2. The standard InChI is InChI=1S/C5H2Cl3N3O/c6-2-1(5(9)12)10-3(7)4(8)11-2/h(H2,9,12). The Labute approximate surface area is 82.6 Å². The molecule has 1 amide bonds. The molecule has 0 spiro atoms. The van der Waals surface area contributed by atoms with Crippen molar-refractivity contribution in [1.29, 1.82) is 0 Å². The van der Waals surface area contributed by atoms with Gasteiger partial charge in [-0.3, -0.25) is 4.79 Å². The van der Waals surface area contributed by atoms with Gasteiger partial charge in [-0.05, 0) is 0 Å². The number of carbonyl (C=O) groups is 1. The Kier molecular flexibility index (Phi) is 2.72. The molecule has 1 heterocycles. The van der Waals surface area contributed by atoms with Crippen LogP contribution in [0.5, 0.6) is 0 Å². The molecule has 0 fully saturated rings. The largest absolute Gasteiger partial charge is 0.364 e. The van der Waals surface area contributed by atoms with Crippen molar-refractivity contribution in [2.75, 3.05) is 0 Å². The maximum absolute atomic E-state index is 10.6. The number of nitrogens with two attached hydrogens (primary N) is 1. The smallest absolute Gasteiger partial charge is 0.270 e. The fourth-order valence-corrected chi connectivity index (χ4v) is 1.05. The average molecular weight is 226 g/mol. The Hall–Kier alpha value is -0.580. The van der Waals surface area contributed by atoms with Crippen molar-refractivity contribution in [2.45, 2.75) is 0 Å². The number of hydrogen-bond acceptors (Lipinski definition) is 3. The highest BCUT2D eigenvalue weighted by Gasteiger charge is 2.13. The van der Waals surface area contributed by atoms with E-state index in [4.69, 9.17) is 40.5 Å². The topological polar surface area (TPSA) is 68.9 Å². The minimum atomic E-state index is -0.800. The van der Waals surface area contributed by atoms with Crippen LogP contribution in [0.4, 0.5) is 0 Å². The SMILES string of the molecule is NC(=O)c1nc(Cl)c(Cl)nc1Cl. The van der Waals surface area contributed by atoms with E-state index in [1.807, 2.05) is 0 Å². The van der Waals surface area contributed by atoms with Crippen molar-refractivity contribution < 1.29 is 4.79 Å². The first-order valence-electron chi connectivity index (χ1n) is 2.70. The molecule has 64 valence electrons. The van der Waals surface area contributed by atoms with Crippen LogP contribution in [0.2, 0.25) is 15.5 Å². The van der Waals surface area contributed by atoms with E-state index in [-0.39, 0.29) is 21.2 Å². The molecule has 4 nitrogen and oxygen atoms in total. The highest BCUT2D eigenvalue weighted by Crippen LogP contribution is 2.21. The Morgan fingerprint density at radius 2 is 1.58 bits per heavy atom. The third-order valence-corrected chi connectivity index (χ3v) is 1.89. The Morgan fingerprint density at radius 3 is 2.08 bits per heavy atom. The zero-order valence-electron chi connectivity index (χ0n) is 5.51. The van der Waals surface area contributed by atoms with Crippen molar-refractivity contribution in [3.63, 3.8) is 0 Å². The van der Waals surface area contributed by atoms with Crippen molar-refractivity contribution in [2.24, 2.45) is 5.73 Å². The summed E-state index contributed by atoms with van der Waals surface area (Å²) in [6.07, 6.45) is 0. The number of hydrogen-bond donors (Lipinski definition) is 1. The van der Waals surface area contributed by atoms with E-state index in [1.54, 1.807) is 0 Å². The van der Waals surface area contributed by atoms with Crippen LogP contribution >= 0.6 is 34.8 Å². The van der Waals surface area contributed by atoms with E-state index in [0.717, 1.165) is 0 Å². The van der Waals surface area contributed by atoms with Crippen LogP contribution in [0.3, 0.4) is 0 Å². The average Bonchev–Trinajstić information content (AvgIpc) is 1.96. The first-order chi connectivity index (χ1) is 5.52. The quantitative estimate of drug-likeness (QED) is 0.789. The fourth-order valence-electron chi connectivity index (χ4n) is 0.532. The predicted octanol–water partition coefficient (Wildman–Crippen LogP) is 1.54. The monoisotopic (exact) mass is 225 g/mol. The van der Waals surface area contributed by atoms with Gasteiger partial charge in [0.2, 0.25) is 0 Å². The van der Waals surface area contributed by atoms with Gasteiger partial charge in [-0.15, -0.1) is 0 Å². The zero-order valence-corrected chi connectivity index (χ0v) is 7.78. The molecule has 0 unspecified atom stereocenters. The second kappa shape index (κ2) is 3.43. The Balaban J connectivity index is 3.33. The highest BCUT2D eigenvalue weighted by atomic mass is 35.5. The van der Waals surface area contributed by atoms with Gasteiger partial charge < -0.3 is 5.73 Å². The van der Waals surface area contributed by atoms with Gasteiger partial charge in [0.25, 0.3) is 5.91 Å². The van der Waals surface area contributed by atoms with E-state index >= 15 is 0 Å². The van der Waals surface area contributed by atoms with Crippen molar-refractivity contribution in [3.05, 3.63) is 21.2 Å². The first kappa shape index (κ1) is 9.51. The van der Waals surface area contributed by atoms with Crippen molar-refractivity contribution in [1.82, 2.24) is 9.97 Å². The lowest BCUT2D eigenvalue weighted by molar-refractivity contribution is 0.0995. The van der Waals surface area contributed by atoms with E-state index in [9.17, 15) is 4.79 Å². The molecule has 0 bridgehead atoms. The number of nitrogens with zero attached hydrogens (tertiary/aromatic N) is 2. The summed E-state index contributed by atoms with van der Waals surface area (Å²) in [6, 6.07) is 0. The van der Waals surface area contributed by atoms with Crippen LogP contribution in [-0.4, -0.2) is 15.9 Å². The summed E-state index contributed by atoms with van der Waals surface area (Å²) in [4.78, 5) is 17.7. The van der Waals surface area contributed by atoms with Gasteiger partial charge >= 0.3 is 0 Å². The summed E-state index contributed by atoms with van der Waals surface area (Å²) in [7, 11) is 0. The normalized spacial score (nSPS) is 9.92. The second-order valence-corrected chi connectivity index (χ2v) is 2.88. The summed E-state index contributed by atoms with van der Waals surface area (Å²) < 4.78 is 0. The number of halogens is 3.